The second kappa shape index (κ2) is 5.29. The molecule has 0 saturated carbocycles. The molecule has 0 amide bonds. The van der Waals surface area contributed by atoms with E-state index < -0.39 is 0 Å². The fourth-order valence-corrected chi connectivity index (χ4v) is 2.28. The number of nitrogens with zero attached hydrogens (tertiary/aromatic N) is 3. The fraction of sp³-hybridized carbons (Fsp3) is 0.429. The lowest BCUT2D eigenvalue weighted by molar-refractivity contribution is 0.286. The molecule has 1 aromatic carbocycles. The molecule has 1 aromatic heterocycles. The lowest BCUT2D eigenvalue weighted by atomic mass is 10.0. The Bertz CT molecular complexity index is 676. The molecule has 2 rings (SSSR count). The summed E-state index contributed by atoms with van der Waals surface area (Å²) >= 11 is 0. The zero-order chi connectivity index (χ0) is 14.0. The van der Waals surface area contributed by atoms with Gasteiger partial charge in [0.1, 0.15) is 0 Å². The van der Waals surface area contributed by atoms with Crippen molar-refractivity contribution in [2.24, 2.45) is 7.05 Å². The number of rotatable bonds is 4. The Morgan fingerprint density at radius 1 is 1.47 bits per heavy atom. The van der Waals surface area contributed by atoms with Gasteiger partial charge in [-0.05, 0) is 38.2 Å². The van der Waals surface area contributed by atoms with Crippen LogP contribution in [0.3, 0.4) is 0 Å². The molecule has 1 heterocycles. The molecule has 1 unspecified atom stereocenters. The van der Waals surface area contributed by atoms with Crippen LogP contribution in [0.1, 0.15) is 24.4 Å². The number of fused-ring (bicyclic) bond motifs is 1. The largest absolute Gasteiger partial charge is 0.419 e. The summed E-state index contributed by atoms with van der Waals surface area (Å²) in [5.41, 5.74) is 2.46. The first-order valence-electron chi connectivity index (χ1n) is 6.17. The molecule has 0 saturated heterocycles. The van der Waals surface area contributed by atoms with Crippen molar-refractivity contribution in [1.29, 1.82) is 5.26 Å². The van der Waals surface area contributed by atoms with Gasteiger partial charge < -0.3 is 9.32 Å². The molecule has 0 radical (unpaired) electrons. The van der Waals surface area contributed by atoms with Crippen molar-refractivity contribution in [3.8, 4) is 6.07 Å². The molecule has 0 spiro atoms. The second-order valence-corrected chi connectivity index (χ2v) is 4.83. The smallest absolute Gasteiger partial charge is 0.408 e. The molecule has 0 aliphatic rings. The maximum absolute atomic E-state index is 11.5. The van der Waals surface area contributed by atoms with Gasteiger partial charge in [0.15, 0.2) is 5.58 Å². The standard InChI is InChI=1S/C14H17N3O2/c1-16(2)11(5-4-8-15)10-6-7-13-12(9-10)17(3)14(18)19-13/h6-7,9,11H,4-5H2,1-3H3. The van der Waals surface area contributed by atoms with Gasteiger partial charge in [-0.15, -0.1) is 0 Å². The quantitative estimate of drug-likeness (QED) is 0.843. The number of nitriles is 1. The van der Waals surface area contributed by atoms with E-state index in [4.69, 9.17) is 9.68 Å². The normalized spacial score (nSPS) is 12.8. The van der Waals surface area contributed by atoms with Crippen molar-refractivity contribution < 1.29 is 4.42 Å². The number of aromatic nitrogens is 1. The average molecular weight is 259 g/mol. The van der Waals surface area contributed by atoms with Crippen LogP contribution >= 0.6 is 0 Å². The van der Waals surface area contributed by atoms with E-state index in [1.54, 1.807) is 7.05 Å². The lowest BCUT2D eigenvalue weighted by Gasteiger charge is -2.23. The first-order chi connectivity index (χ1) is 9.04. The third-order valence-electron chi connectivity index (χ3n) is 3.35. The summed E-state index contributed by atoms with van der Waals surface area (Å²) in [5.74, 6) is -0.356. The molecular weight excluding hydrogens is 242 g/mol. The van der Waals surface area contributed by atoms with Gasteiger partial charge in [0, 0.05) is 19.5 Å². The lowest BCUT2D eigenvalue weighted by Crippen LogP contribution is -2.20. The van der Waals surface area contributed by atoms with Crippen molar-refractivity contribution in [1.82, 2.24) is 9.47 Å². The monoisotopic (exact) mass is 259 g/mol. The highest BCUT2D eigenvalue weighted by molar-refractivity contribution is 5.73. The van der Waals surface area contributed by atoms with E-state index in [0.717, 1.165) is 17.5 Å². The summed E-state index contributed by atoms with van der Waals surface area (Å²) in [6.45, 7) is 0. The molecule has 5 nitrogen and oxygen atoms in total. The van der Waals surface area contributed by atoms with Crippen LogP contribution in [0.4, 0.5) is 0 Å². The highest BCUT2D eigenvalue weighted by Crippen LogP contribution is 2.26. The second-order valence-electron chi connectivity index (χ2n) is 4.83. The Balaban J connectivity index is 2.46. The van der Waals surface area contributed by atoms with Crippen LogP contribution in [0.25, 0.3) is 11.1 Å². The Kier molecular flexibility index (Phi) is 3.72. The predicted octanol–water partition coefficient (Wildman–Crippen LogP) is 2.04. The van der Waals surface area contributed by atoms with Crippen molar-refractivity contribution in [3.05, 3.63) is 34.3 Å². The zero-order valence-corrected chi connectivity index (χ0v) is 11.4. The number of hydrogen-bond donors (Lipinski definition) is 0. The van der Waals surface area contributed by atoms with E-state index >= 15 is 0 Å². The topological polar surface area (TPSA) is 62.2 Å². The molecule has 19 heavy (non-hydrogen) atoms. The van der Waals surface area contributed by atoms with E-state index in [1.165, 1.54) is 4.57 Å². The molecule has 1 atom stereocenters. The fourth-order valence-electron chi connectivity index (χ4n) is 2.28. The third-order valence-corrected chi connectivity index (χ3v) is 3.35. The Morgan fingerprint density at radius 2 is 2.21 bits per heavy atom. The average Bonchev–Trinajstić information content (AvgIpc) is 2.66. The first-order valence-corrected chi connectivity index (χ1v) is 6.17. The van der Waals surface area contributed by atoms with Gasteiger partial charge in [-0.3, -0.25) is 4.57 Å². The molecule has 100 valence electrons. The van der Waals surface area contributed by atoms with Gasteiger partial charge in [-0.2, -0.15) is 5.26 Å². The number of hydrogen-bond acceptors (Lipinski definition) is 4. The van der Waals surface area contributed by atoms with Gasteiger partial charge >= 0.3 is 5.76 Å². The SMILES string of the molecule is CN(C)C(CCC#N)c1ccc2oc(=O)n(C)c2c1. The predicted molar refractivity (Wildman–Crippen MR) is 72.7 cm³/mol. The number of oxazole rings is 1. The molecule has 2 aromatic rings. The van der Waals surface area contributed by atoms with Gasteiger partial charge in [-0.1, -0.05) is 6.07 Å². The van der Waals surface area contributed by atoms with Crippen LogP contribution in [0.15, 0.2) is 27.4 Å². The van der Waals surface area contributed by atoms with E-state index in [1.807, 2.05) is 32.3 Å². The van der Waals surface area contributed by atoms with Crippen molar-refractivity contribution in [2.75, 3.05) is 14.1 Å². The van der Waals surface area contributed by atoms with Gasteiger partial charge in [0.2, 0.25) is 0 Å². The maximum atomic E-state index is 11.5. The van der Waals surface area contributed by atoms with Crippen LogP contribution < -0.4 is 5.76 Å². The van der Waals surface area contributed by atoms with Crippen molar-refractivity contribution >= 4 is 11.1 Å². The van der Waals surface area contributed by atoms with Crippen molar-refractivity contribution in [3.63, 3.8) is 0 Å². The minimum atomic E-state index is -0.356. The maximum Gasteiger partial charge on any atom is 0.419 e. The summed E-state index contributed by atoms with van der Waals surface area (Å²) in [5, 5.41) is 8.73. The Labute approximate surface area is 111 Å². The van der Waals surface area contributed by atoms with Crippen LogP contribution in [-0.2, 0) is 7.05 Å². The zero-order valence-electron chi connectivity index (χ0n) is 11.4. The van der Waals surface area contributed by atoms with E-state index in [9.17, 15) is 4.79 Å². The molecule has 0 fully saturated rings. The van der Waals surface area contributed by atoms with E-state index in [2.05, 4.69) is 11.0 Å². The van der Waals surface area contributed by atoms with Crippen LogP contribution in [0.5, 0.6) is 0 Å². The summed E-state index contributed by atoms with van der Waals surface area (Å²) in [6.07, 6.45) is 1.27. The van der Waals surface area contributed by atoms with Crippen molar-refractivity contribution in [2.45, 2.75) is 18.9 Å². The summed E-state index contributed by atoms with van der Waals surface area (Å²) in [4.78, 5) is 13.5. The summed E-state index contributed by atoms with van der Waals surface area (Å²) in [7, 11) is 5.67. The third kappa shape index (κ3) is 2.54. The molecule has 0 bridgehead atoms. The summed E-state index contributed by atoms with van der Waals surface area (Å²) in [6, 6.07) is 8.06. The van der Waals surface area contributed by atoms with E-state index in [0.29, 0.717) is 12.0 Å². The van der Waals surface area contributed by atoms with Gasteiger partial charge in [-0.25, -0.2) is 4.79 Å². The highest BCUT2D eigenvalue weighted by atomic mass is 16.4. The first kappa shape index (κ1) is 13.4. The molecule has 0 aliphatic carbocycles. The van der Waals surface area contributed by atoms with Gasteiger partial charge in [0.25, 0.3) is 0 Å². The molecule has 5 heteroatoms. The molecular formula is C14H17N3O2. The summed E-state index contributed by atoms with van der Waals surface area (Å²) < 4.78 is 6.61. The van der Waals surface area contributed by atoms with Gasteiger partial charge in [0.05, 0.1) is 11.6 Å². The Morgan fingerprint density at radius 3 is 2.84 bits per heavy atom. The number of aryl methyl sites for hydroxylation is 1. The molecule has 0 N–H and O–H groups in total. The Hall–Kier alpha value is -2.06. The minimum Gasteiger partial charge on any atom is -0.408 e. The van der Waals surface area contributed by atoms with Crippen LogP contribution in [-0.4, -0.2) is 23.6 Å². The van der Waals surface area contributed by atoms with Crippen LogP contribution in [0.2, 0.25) is 0 Å². The minimum absolute atomic E-state index is 0.161. The number of benzene rings is 1. The highest BCUT2D eigenvalue weighted by Gasteiger charge is 2.16. The molecule has 0 aliphatic heterocycles. The van der Waals surface area contributed by atoms with E-state index in [-0.39, 0.29) is 11.8 Å². The van der Waals surface area contributed by atoms with Crippen LogP contribution in [0, 0.1) is 11.3 Å².